The molecule has 1 N–H and O–H groups in total. The molecule has 1 aliphatic heterocycles. The summed E-state index contributed by atoms with van der Waals surface area (Å²) < 4.78 is 5.38. The highest BCUT2D eigenvalue weighted by Gasteiger charge is 2.29. The van der Waals surface area contributed by atoms with Crippen molar-refractivity contribution in [3.05, 3.63) is 35.9 Å². The Bertz CT molecular complexity index is 413. The van der Waals surface area contributed by atoms with Crippen LogP contribution in [0.3, 0.4) is 0 Å². The van der Waals surface area contributed by atoms with Crippen molar-refractivity contribution in [3.8, 4) is 0 Å². The first-order valence-corrected chi connectivity index (χ1v) is 8.12. The van der Waals surface area contributed by atoms with Gasteiger partial charge in [0.2, 0.25) is 0 Å². The van der Waals surface area contributed by atoms with Crippen molar-refractivity contribution in [1.29, 1.82) is 0 Å². The van der Waals surface area contributed by atoms with Crippen molar-refractivity contribution in [2.24, 2.45) is 0 Å². The molecule has 1 aromatic carbocycles. The number of thioether (sulfide) groups is 1. The Hall–Kier alpha value is -1.20. The van der Waals surface area contributed by atoms with E-state index in [4.69, 9.17) is 9.84 Å². The zero-order valence-corrected chi connectivity index (χ0v) is 12.3. The highest BCUT2D eigenvalue weighted by molar-refractivity contribution is 7.99. The summed E-state index contributed by atoms with van der Waals surface area (Å²) in [5.41, 5.74) is 1.01. The summed E-state index contributed by atoms with van der Waals surface area (Å²) in [7, 11) is 0. The van der Waals surface area contributed by atoms with Gasteiger partial charge in [0.1, 0.15) is 6.61 Å². The van der Waals surface area contributed by atoms with Crippen LogP contribution in [-0.2, 0) is 11.3 Å². The number of carbonyl (C=O) groups is 1. The molecule has 0 bridgehead atoms. The van der Waals surface area contributed by atoms with Crippen molar-refractivity contribution in [3.63, 3.8) is 0 Å². The van der Waals surface area contributed by atoms with Crippen LogP contribution in [0.25, 0.3) is 0 Å². The van der Waals surface area contributed by atoms with Gasteiger partial charge >= 0.3 is 6.09 Å². The van der Waals surface area contributed by atoms with E-state index in [9.17, 15) is 4.79 Å². The van der Waals surface area contributed by atoms with E-state index in [1.165, 1.54) is 0 Å². The molecule has 4 nitrogen and oxygen atoms in total. The van der Waals surface area contributed by atoms with Crippen LogP contribution in [0.1, 0.15) is 18.4 Å². The lowest BCUT2D eigenvalue weighted by molar-refractivity contribution is 0.0950. The summed E-state index contributed by atoms with van der Waals surface area (Å²) in [6, 6.07) is 9.97. The lowest BCUT2D eigenvalue weighted by Crippen LogP contribution is -2.37. The van der Waals surface area contributed by atoms with Gasteiger partial charge in [-0.2, -0.15) is 11.8 Å². The molecule has 1 unspecified atom stereocenters. The van der Waals surface area contributed by atoms with Crippen LogP contribution in [-0.4, -0.2) is 46.8 Å². The summed E-state index contributed by atoms with van der Waals surface area (Å²) in [4.78, 5) is 13.9. The van der Waals surface area contributed by atoms with Gasteiger partial charge in [-0.1, -0.05) is 30.3 Å². The maximum atomic E-state index is 12.1. The van der Waals surface area contributed by atoms with Gasteiger partial charge in [0.05, 0.1) is 6.61 Å². The number of carbonyl (C=O) groups excluding carboxylic acids is 1. The second-order valence-corrected chi connectivity index (χ2v) is 5.98. The van der Waals surface area contributed by atoms with Crippen molar-refractivity contribution in [2.75, 3.05) is 24.7 Å². The van der Waals surface area contributed by atoms with Gasteiger partial charge in [-0.15, -0.1) is 0 Å². The van der Waals surface area contributed by atoms with Crippen LogP contribution in [0.4, 0.5) is 4.79 Å². The van der Waals surface area contributed by atoms with Gasteiger partial charge in [0.25, 0.3) is 0 Å². The second kappa shape index (κ2) is 8.17. The van der Waals surface area contributed by atoms with Gasteiger partial charge in [0, 0.05) is 24.1 Å². The minimum atomic E-state index is -0.221. The van der Waals surface area contributed by atoms with Crippen molar-refractivity contribution >= 4 is 17.9 Å². The molecular weight excluding hydrogens is 274 g/mol. The summed E-state index contributed by atoms with van der Waals surface area (Å²) in [6.45, 7) is 1.29. The molecule has 110 valence electrons. The molecule has 0 saturated carbocycles. The van der Waals surface area contributed by atoms with E-state index >= 15 is 0 Å². The van der Waals surface area contributed by atoms with E-state index in [2.05, 4.69) is 0 Å². The quantitative estimate of drug-likeness (QED) is 0.819. The molecule has 1 amide bonds. The summed E-state index contributed by atoms with van der Waals surface area (Å²) in [5, 5.41) is 8.80. The first-order valence-electron chi connectivity index (χ1n) is 6.97. The van der Waals surface area contributed by atoms with Crippen LogP contribution in [0.2, 0.25) is 0 Å². The number of rotatable bonds is 6. The molecule has 20 heavy (non-hydrogen) atoms. The topological polar surface area (TPSA) is 49.8 Å². The third-order valence-electron chi connectivity index (χ3n) is 3.36. The highest BCUT2D eigenvalue weighted by Crippen LogP contribution is 2.22. The Balaban J connectivity index is 1.78. The number of likely N-dealkylation sites (tertiary alicyclic amines) is 1. The zero-order valence-electron chi connectivity index (χ0n) is 11.5. The van der Waals surface area contributed by atoms with Gasteiger partial charge in [0.15, 0.2) is 0 Å². The maximum absolute atomic E-state index is 12.1. The number of aliphatic hydroxyl groups excluding tert-OH is 1. The molecule has 1 atom stereocenters. The van der Waals surface area contributed by atoms with E-state index in [1.54, 1.807) is 11.8 Å². The fourth-order valence-corrected chi connectivity index (χ4v) is 3.25. The van der Waals surface area contributed by atoms with Crippen LogP contribution in [0.5, 0.6) is 0 Å². The maximum Gasteiger partial charge on any atom is 0.410 e. The number of aliphatic hydroxyl groups is 1. The fraction of sp³-hybridized carbons (Fsp3) is 0.533. The number of hydrogen-bond acceptors (Lipinski definition) is 4. The SMILES string of the molecule is O=C(OCc1ccccc1)N1CCCC1CSCCO. The first kappa shape index (κ1) is 15.2. The average molecular weight is 295 g/mol. The van der Waals surface area contributed by atoms with Crippen LogP contribution >= 0.6 is 11.8 Å². The van der Waals surface area contributed by atoms with E-state index in [0.717, 1.165) is 36.5 Å². The molecule has 5 heteroatoms. The van der Waals surface area contributed by atoms with Gasteiger partial charge in [-0.3, -0.25) is 0 Å². The third kappa shape index (κ3) is 4.42. The van der Waals surface area contributed by atoms with E-state index < -0.39 is 0 Å². The number of hydrogen-bond donors (Lipinski definition) is 1. The standard InChI is InChI=1S/C15H21NO3S/c17-9-10-20-12-14-7-4-8-16(14)15(18)19-11-13-5-2-1-3-6-13/h1-3,5-6,14,17H,4,7-12H2. The molecule has 0 spiro atoms. The third-order valence-corrected chi connectivity index (χ3v) is 4.45. The molecule has 1 fully saturated rings. The molecule has 0 radical (unpaired) electrons. The van der Waals surface area contributed by atoms with Crippen LogP contribution in [0, 0.1) is 0 Å². The molecule has 1 aliphatic rings. The Morgan fingerprint density at radius 2 is 2.20 bits per heavy atom. The molecule has 0 aromatic heterocycles. The normalized spacial score (nSPS) is 18.2. The zero-order chi connectivity index (χ0) is 14.2. The van der Waals surface area contributed by atoms with Crippen molar-refractivity contribution in [2.45, 2.75) is 25.5 Å². The van der Waals surface area contributed by atoms with Crippen molar-refractivity contribution < 1.29 is 14.6 Å². The molecule has 2 rings (SSSR count). The number of nitrogens with zero attached hydrogens (tertiary/aromatic N) is 1. The first-order chi connectivity index (χ1) is 9.81. The molecular formula is C15H21NO3S. The van der Waals surface area contributed by atoms with E-state index in [1.807, 2.05) is 35.2 Å². The minimum absolute atomic E-state index is 0.190. The van der Waals surface area contributed by atoms with E-state index in [-0.39, 0.29) is 18.7 Å². The minimum Gasteiger partial charge on any atom is -0.445 e. The van der Waals surface area contributed by atoms with Crippen LogP contribution < -0.4 is 0 Å². The molecule has 1 saturated heterocycles. The Kier molecular flexibility index (Phi) is 6.21. The van der Waals surface area contributed by atoms with Crippen molar-refractivity contribution in [1.82, 2.24) is 4.90 Å². The number of ether oxygens (including phenoxy) is 1. The Labute approximate surface area is 124 Å². The lowest BCUT2D eigenvalue weighted by Gasteiger charge is -2.23. The molecule has 0 aliphatic carbocycles. The smallest absolute Gasteiger partial charge is 0.410 e. The lowest BCUT2D eigenvalue weighted by atomic mass is 10.2. The average Bonchev–Trinajstić information content (AvgIpc) is 2.95. The number of benzene rings is 1. The van der Waals surface area contributed by atoms with Gasteiger partial charge in [-0.05, 0) is 18.4 Å². The molecule has 1 aromatic rings. The number of amides is 1. The highest BCUT2D eigenvalue weighted by atomic mass is 32.2. The van der Waals surface area contributed by atoms with Crippen LogP contribution in [0.15, 0.2) is 30.3 Å². The molecule has 1 heterocycles. The van der Waals surface area contributed by atoms with E-state index in [0.29, 0.717) is 6.61 Å². The predicted molar refractivity (Wildman–Crippen MR) is 80.8 cm³/mol. The fourth-order valence-electron chi connectivity index (χ4n) is 2.34. The summed E-state index contributed by atoms with van der Waals surface area (Å²) in [6.07, 6.45) is 1.84. The second-order valence-electron chi connectivity index (χ2n) is 4.83. The Morgan fingerprint density at radius 1 is 1.40 bits per heavy atom. The largest absolute Gasteiger partial charge is 0.445 e. The monoisotopic (exact) mass is 295 g/mol. The van der Waals surface area contributed by atoms with Gasteiger partial charge in [-0.25, -0.2) is 4.79 Å². The summed E-state index contributed by atoms with van der Waals surface area (Å²) >= 11 is 1.69. The predicted octanol–water partition coefficient (Wildman–Crippen LogP) is 2.51. The van der Waals surface area contributed by atoms with Gasteiger partial charge < -0.3 is 14.7 Å². The summed E-state index contributed by atoms with van der Waals surface area (Å²) in [5.74, 6) is 1.60. The Morgan fingerprint density at radius 3 is 2.95 bits per heavy atom.